The molecule has 0 saturated heterocycles. The van der Waals surface area contributed by atoms with Crippen LogP contribution in [-0.2, 0) is 6.54 Å². The van der Waals surface area contributed by atoms with Gasteiger partial charge in [0.25, 0.3) is 0 Å². The quantitative estimate of drug-likeness (QED) is 0.797. The highest BCUT2D eigenvalue weighted by Gasteiger charge is 2.00. The molecule has 1 rings (SSSR count). The van der Waals surface area contributed by atoms with Crippen molar-refractivity contribution in [3.63, 3.8) is 0 Å². The second-order valence-electron chi connectivity index (χ2n) is 4.00. The Hall–Kier alpha value is -1.02. The summed E-state index contributed by atoms with van der Waals surface area (Å²) < 4.78 is 5.61. The van der Waals surface area contributed by atoms with E-state index in [-0.39, 0.29) is 0 Å². The molecular weight excluding hydrogens is 174 g/mol. The van der Waals surface area contributed by atoms with Crippen molar-refractivity contribution < 1.29 is 4.74 Å². The highest BCUT2D eigenvalue weighted by atomic mass is 16.5. The molecule has 78 valence electrons. The van der Waals surface area contributed by atoms with Crippen LogP contribution in [0.1, 0.15) is 25.0 Å². The van der Waals surface area contributed by atoms with Crippen molar-refractivity contribution in [3.8, 4) is 5.75 Å². The Labute approximate surface area is 86.1 Å². The van der Waals surface area contributed by atoms with Crippen LogP contribution in [0.4, 0.5) is 0 Å². The minimum absolute atomic E-state index is 0.560. The van der Waals surface area contributed by atoms with E-state index >= 15 is 0 Å². The standard InChI is InChI=1S/C12H19NO/c1-9(2)8-14-12-5-4-11(7-13)10(3)6-12/h4-6,9H,7-8,13H2,1-3H3. The van der Waals surface area contributed by atoms with Gasteiger partial charge in [-0.25, -0.2) is 0 Å². The Balaban J connectivity index is 2.66. The van der Waals surface area contributed by atoms with Gasteiger partial charge in [-0.1, -0.05) is 19.9 Å². The van der Waals surface area contributed by atoms with Crippen LogP contribution in [0, 0.1) is 12.8 Å². The third kappa shape index (κ3) is 3.04. The van der Waals surface area contributed by atoms with Gasteiger partial charge in [0.1, 0.15) is 5.75 Å². The first-order valence-electron chi connectivity index (χ1n) is 5.06. The van der Waals surface area contributed by atoms with Gasteiger partial charge in [0.05, 0.1) is 6.61 Å². The molecule has 0 amide bonds. The number of hydrogen-bond acceptors (Lipinski definition) is 2. The zero-order valence-corrected chi connectivity index (χ0v) is 9.21. The summed E-state index contributed by atoms with van der Waals surface area (Å²) in [4.78, 5) is 0. The molecule has 0 heterocycles. The summed E-state index contributed by atoms with van der Waals surface area (Å²) in [6, 6.07) is 6.06. The van der Waals surface area contributed by atoms with E-state index in [1.165, 1.54) is 11.1 Å². The first-order valence-corrected chi connectivity index (χ1v) is 5.06. The summed E-state index contributed by atoms with van der Waals surface area (Å²) in [6.07, 6.45) is 0. The molecule has 0 bridgehead atoms. The van der Waals surface area contributed by atoms with E-state index in [1.807, 2.05) is 18.2 Å². The van der Waals surface area contributed by atoms with Crippen LogP contribution in [-0.4, -0.2) is 6.61 Å². The highest BCUT2D eigenvalue weighted by Crippen LogP contribution is 2.17. The summed E-state index contributed by atoms with van der Waals surface area (Å²) in [5.41, 5.74) is 7.97. The van der Waals surface area contributed by atoms with Gasteiger partial charge in [0.15, 0.2) is 0 Å². The molecule has 0 aliphatic rings. The molecule has 0 spiro atoms. The van der Waals surface area contributed by atoms with Crippen LogP contribution in [0.3, 0.4) is 0 Å². The Kier molecular flexibility index (Phi) is 3.96. The second kappa shape index (κ2) is 5.01. The summed E-state index contributed by atoms with van der Waals surface area (Å²) >= 11 is 0. The first kappa shape index (κ1) is 11.1. The second-order valence-corrected chi connectivity index (χ2v) is 4.00. The maximum absolute atomic E-state index is 5.61. The molecule has 0 atom stereocenters. The normalized spacial score (nSPS) is 10.6. The number of hydrogen-bond donors (Lipinski definition) is 1. The van der Waals surface area contributed by atoms with Gasteiger partial charge in [0, 0.05) is 6.54 Å². The zero-order valence-electron chi connectivity index (χ0n) is 9.21. The highest BCUT2D eigenvalue weighted by molar-refractivity contribution is 5.34. The fourth-order valence-corrected chi connectivity index (χ4v) is 1.25. The Morgan fingerprint density at radius 3 is 2.57 bits per heavy atom. The lowest BCUT2D eigenvalue weighted by molar-refractivity contribution is 0.271. The third-order valence-electron chi connectivity index (χ3n) is 2.12. The molecule has 0 saturated carbocycles. The lowest BCUT2D eigenvalue weighted by atomic mass is 10.1. The first-order chi connectivity index (χ1) is 6.63. The fourth-order valence-electron chi connectivity index (χ4n) is 1.25. The largest absolute Gasteiger partial charge is 0.493 e. The third-order valence-corrected chi connectivity index (χ3v) is 2.12. The van der Waals surface area contributed by atoms with Crippen molar-refractivity contribution in [2.75, 3.05) is 6.61 Å². The fraction of sp³-hybridized carbons (Fsp3) is 0.500. The molecular formula is C12H19NO. The van der Waals surface area contributed by atoms with Crippen LogP contribution in [0.2, 0.25) is 0 Å². The van der Waals surface area contributed by atoms with Crippen molar-refractivity contribution in [2.45, 2.75) is 27.3 Å². The average Bonchev–Trinajstić information content (AvgIpc) is 2.15. The molecule has 1 aromatic carbocycles. The Morgan fingerprint density at radius 1 is 1.36 bits per heavy atom. The lowest BCUT2D eigenvalue weighted by Crippen LogP contribution is -2.05. The van der Waals surface area contributed by atoms with Crippen LogP contribution in [0.15, 0.2) is 18.2 Å². The van der Waals surface area contributed by atoms with Crippen LogP contribution >= 0.6 is 0 Å². The molecule has 2 heteroatoms. The monoisotopic (exact) mass is 193 g/mol. The molecule has 0 aliphatic carbocycles. The molecule has 0 unspecified atom stereocenters. The van der Waals surface area contributed by atoms with Gasteiger partial charge >= 0.3 is 0 Å². The van der Waals surface area contributed by atoms with E-state index in [1.54, 1.807) is 0 Å². The number of nitrogens with two attached hydrogens (primary N) is 1. The predicted octanol–water partition coefficient (Wildman–Crippen LogP) is 2.49. The zero-order chi connectivity index (χ0) is 10.6. The average molecular weight is 193 g/mol. The van der Waals surface area contributed by atoms with Crippen LogP contribution in [0.5, 0.6) is 5.75 Å². The van der Waals surface area contributed by atoms with Crippen LogP contribution < -0.4 is 10.5 Å². The van der Waals surface area contributed by atoms with Gasteiger partial charge in [-0.2, -0.15) is 0 Å². The van der Waals surface area contributed by atoms with Gasteiger partial charge in [0.2, 0.25) is 0 Å². The molecule has 0 aliphatic heterocycles. The van der Waals surface area contributed by atoms with Gasteiger partial charge in [-0.3, -0.25) is 0 Å². The SMILES string of the molecule is Cc1cc(OCC(C)C)ccc1CN. The van der Waals surface area contributed by atoms with E-state index in [9.17, 15) is 0 Å². The number of ether oxygens (including phenoxy) is 1. The molecule has 0 aromatic heterocycles. The maximum atomic E-state index is 5.61. The summed E-state index contributed by atoms with van der Waals surface area (Å²) in [6.45, 7) is 7.70. The lowest BCUT2D eigenvalue weighted by Gasteiger charge is -2.10. The van der Waals surface area contributed by atoms with Gasteiger partial charge in [-0.05, 0) is 36.1 Å². The summed E-state index contributed by atoms with van der Waals surface area (Å²) in [7, 11) is 0. The van der Waals surface area contributed by atoms with Gasteiger partial charge in [-0.15, -0.1) is 0 Å². The van der Waals surface area contributed by atoms with Gasteiger partial charge < -0.3 is 10.5 Å². The smallest absolute Gasteiger partial charge is 0.119 e. The van der Waals surface area contributed by atoms with Crippen molar-refractivity contribution in [1.82, 2.24) is 0 Å². The minimum Gasteiger partial charge on any atom is -0.493 e. The van der Waals surface area contributed by atoms with Crippen molar-refractivity contribution in [1.29, 1.82) is 0 Å². The molecule has 14 heavy (non-hydrogen) atoms. The molecule has 0 fully saturated rings. The Bertz CT molecular complexity index is 294. The van der Waals surface area contributed by atoms with Crippen LogP contribution in [0.25, 0.3) is 0 Å². The predicted molar refractivity (Wildman–Crippen MR) is 59.4 cm³/mol. The maximum Gasteiger partial charge on any atom is 0.119 e. The van der Waals surface area contributed by atoms with Crippen molar-refractivity contribution in [2.24, 2.45) is 11.7 Å². The number of aryl methyl sites for hydroxylation is 1. The van der Waals surface area contributed by atoms with E-state index < -0.39 is 0 Å². The number of rotatable bonds is 4. The van der Waals surface area contributed by atoms with Crippen molar-refractivity contribution in [3.05, 3.63) is 29.3 Å². The topological polar surface area (TPSA) is 35.2 Å². The summed E-state index contributed by atoms with van der Waals surface area (Å²) in [5.74, 6) is 1.50. The van der Waals surface area contributed by atoms with Crippen molar-refractivity contribution >= 4 is 0 Å². The number of benzene rings is 1. The summed E-state index contributed by atoms with van der Waals surface area (Å²) in [5, 5.41) is 0. The molecule has 1 aromatic rings. The van der Waals surface area contributed by atoms with E-state index in [4.69, 9.17) is 10.5 Å². The minimum atomic E-state index is 0.560. The van der Waals surface area contributed by atoms with E-state index in [0.717, 1.165) is 12.4 Å². The van der Waals surface area contributed by atoms with E-state index in [0.29, 0.717) is 12.5 Å². The molecule has 2 nitrogen and oxygen atoms in total. The Morgan fingerprint density at radius 2 is 2.07 bits per heavy atom. The molecule has 2 N–H and O–H groups in total. The molecule has 0 radical (unpaired) electrons. The van der Waals surface area contributed by atoms with E-state index in [2.05, 4.69) is 20.8 Å².